The minimum absolute atomic E-state index is 0.252. The minimum atomic E-state index is -0.392. The smallest absolute Gasteiger partial charge is 0.290 e. The van der Waals surface area contributed by atoms with Crippen molar-refractivity contribution in [3.05, 3.63) is 64.7 Å². The summed E-state index contributed by atoms with van der Waals surface area (Å²) in [6, 6.07) is 10.2. The van der Waals surface area contributed by atoms with Crippen molar-refractivity contribution in [3.63, 3.8) is 0 Å². The van der Waals surface area contributed by atoms with Crippen molar-refractivity contribution >= 4 is 45.8 Å². The second-order valence-corrected chi connectivity index (χ2v) is 9.35. The molecule has 0 spiro atoms. The van der Waals surface area contributed by atoms with Crippen LogP contribution in [0.5, 0.6) is 0 Å². The number of nitrogens with one attached hydrogen (secondary N) is 2. The van der Waals surface area contributed by atoms with Gasteiger partial charge >= 0.3 is 0 Å². The van der Waals surface area contributed by atoms with E-state index in [-0.39, 0.29) is 11.1 Å². The summed E-state index contributed by atoms with van der Waals surface area (Å²) in [6.45, 7) is 3.26. The number of piperidine rings is 1. The maximum absolute atomic E-state index is 13.3. The Hall–Kier alpha value is -3.37. The van der Waals surface area contributed by atoms with Gasteiger partial charge in [-0.15, -0.1) is 0 Å². The Morgan fingerprint density at radius 2 is 2.00 bits per heavy atom. The molecule has 174 valence electrons. The fourth-order valence-electron chi connectivity index (χ4n) is 4.13. The standard InChI is InChI=1S/C24H23FN6O2S/c25-17-2-4-20-16(11-17)1-3-19(28-20)14-26-13-15-6-9-31(10-7-15)23-27-8-5-18(29-23)12-21-22(32)30-24(33)34-21/h1-5,8,11-12,15,26H,6-7,9-10,13-14H2,(H,30,32,33)/b21-12+. The molecular formula is C24H23FN6O2S. The molecule has 10 heteroatoms. The molecule has 4 heterocycles. The molecule has 8 nitrogen and oxygen atoms in total. The predicted molar refractivity (Wildman–Crippen MR) is 129 cm³/mol. The second-order valence-electron chi connectivity index (χ2n) is 8.33. The first-order valence-electron chi connectivity index (χ1n) is 11.1. The van der Waals surface area contributed by atoms with Gasteiger partial charge in [-0.2, -0.15) is 0 Å². The Bertz CT molecular complexity index is 1280. The number of hydrogen-bond acceptors (Lipinski definition) is 8. The highest BCUT2D eigenvalue weighted by atomic mass is 32.2. The number of fused-ring (bicyclic) bond motifs is 1. The van der Waals surface area contributed by atoms with Gasteiger partial charge in [0.05, 0.1) is 21.8 Å². The summed E-state index contributed by atoms with van der Waals surface area (Å²) in [7, 11) is 0. The maximum Gasteiger partial charge on any atom is 0.290 e. The summed E-state index contributed by atoms with van der Waals surface area (Å²) in [4.78, 5) is 39.2. The lowest BCUT2D eigenvalue weighted by Gasteiger charge is -2.32. The third-order valence-electron chi connectivity index (χ3n) is 5.93. The summed E-state index contributed by atoms with van der Waals surface area (Å²) < 4.78 is 13.3. The van der Waals surface area contributed by atoms with Crippen LogP contribution in [-0.2, 0) is 11.3 Å². The van der Waals surface area contributed by atoms with Crippen LogP contribution >= 0.6 is 11.8 Å². The van der Waals surface area contributed by atoms with E-state index in [4.69, 9.17) is 0 Å². The number of amides is 2. The van der Waals surface area contributed by atoms with Crippen molar-refractivity contribution in [1.29, 1.82) is 0 Å². The molecule has 2 fully saturated rings. The van der Waals surface area contributed by atoms with E-state index < -0.39 is 5.91 Å². The van der Waals surface area contributed by atoms with Crippen molar-refractivity contribution in [3.8, 4) is 0 Å². The van der Waals surface area contributed by atoms with Crippen LogP contribution in [0.4, 0.5) is 15.1 Å². The number of carbonyl (C=O) groups is 2. The Balaban J connectivity index is 1.12. The van der Waals surface area contributed by atoms with Crippen molar-refractivity contribution < 1.29 is 14.0 Å². The average Bonchev–Trinajstić information content (AvgIpc) is 3.16. The number of halogens is 1. The number of pyridine rings is 1. The lowest BCUT2D eigenvalue weighted by atomic mass is 9.97. The molecule has 0 radical (unpaired) electrons. The zero-order valence-corrected chi connectivity index (χ0v) is 19.1. The SMILES string of the molecule is O=C1NC(=O)/C(=C\c2ccnc(N3CCC(CNCc4ccc5cc(F)ccc5n4)CC3)n2)S1. The molecule has 5 rings (SSSR count). The van der Waals surface area contributed by atoms with Crippen molar-refractivity contribution in [2.24, 2.45) is 5.92 Å². The molecule has 2 N–H and O–H groups in total. The summed E-state index contributed by atoms with van der Waals surface area (Å²) in [6.07, 6.45) is 5.31. The molecule has 2 aromatic heterocycles. The molecular weight excluding hydrogens is 455 g/mol. The molecule has 0 unspecified atom stereocenters. The summed E-state index contributed by atoms with van der Waals surface area (Å²) in [5, 5.41) is 6.18. The van der Waals surface area contributed by atoms with Crippen molar-refractivity contribution in [2.45, 2.75) is 19.4 Å². The van der Waals surface area contributed by atoms with E-state index in [0.29, 0.717) is 29.0 Å². The predicted octanol–water partition coefficient (Wildman–Crippen LogP) is 3.49. The molecule has 2 aliphatic rings. The van der Waals surface area contributed by atoms with Gasteiger partial charge in [0, 0.05) is 31.2 Å². The van der Waals surface area contributed by atoms with Crippen LogP contribution in [0.3, 0.4) is 0 Å². The molecule has 2 aliphatic heterocycles. The number of nitrogens with zero attached hydrogens (tertiary/aromatic N) is 4. The van der Waals surface area contributed by atoms with Crippen LogP contribution in [0, 0.1) is 11.7 Å². The molecule has 0 atom stereocenters. The fraction of sp³-hybridized carbons (Fsp3) is 0.292. The van der Waals surface area contributed by atoms with Gasteiger partial charge in [-0.1, -0.05) is 6.07 Å². The van der Waals surface area contributed by atoms with Crippen LogP contribution in [0.2, 0.25) is 0 Å². The first-order valence-corrected chi connectivity index (χ1v) is 11.9. The van der Waals surface area contributed by atoms with E-state index in [9.17, 15) is 14.0 Å². The molecule has 2 amide bonds. The molecule has 34 heavy (non-hydrogen) atoms. The van der Waals surface area contributed by atoms with E-state index in [1.165, 1.54) is 12.1 Å². The van der Waals surface area contributed by atoms with Crippen LogP contribution < -0.4 is 15.5 Å². The normalized spacial score (nSPS) is 18.1. The lowest BCUT2D eigenvalue weighted by molar-refractivity contribution is -0.115. The maximum atomic E-state index is 13.3. The van der Waals surface area contributed by atoms with Gasteiger partial charge in [0.15, 0.2) is 0 Å². The van der Waals surface area contributed by atoms with Gasteiger partial charge in [0.2, 0.25) is 5.95 Å². The van der Waals surface area contributed by atoms with Gasteiger partial charge in [-0.25, -0.2) is 14.4 Å². The quantitative estimate of drug-likeness (QED) is 0.520. The number of hydrogen-bond donors (Lipinski definition) is 2. The first-order chi connectivity index (χ1) is 16.5. The van der Waals surface area contributed by atoms with E-state index in [1.54, 1.807) is 24.4 Å². The zero-order valence-electron chi connectivity index (χ0n) is 18.3. The summed E-state index contributed by atoms with van der Waals surface area (Å²) in [5.74, 6) is 0.529. The Labute approximate surface area is 200 Å². The van der Waals surface area contributed by atoms with E-state index in [1.807, 2.05) is 12.1 Å². The second kappa shape index (κ2) is 9.86. The van der Waals surface area contributed by atoms with Gasteiger partial charge in [-0.05, 0) is 73.5 Å². The van der Waals surface area contributed by atoms with Gasteiger partial charge in [-0.3, -0.25) is 19.9 Å². The molecule has 3 aromatic rings. The third kappa shape index (κ3) is 5.23. The van der Waals surface area contributed by atoms with E-state index >= 15 is 0 Å². The number of anilines is 1. The largest absolute Gasteiger partial charge is 0.341 e. The average molecular weight is 479 g/mol. The van der Waals surface area contributed by atoms with Crippen LogP contribution in [-0.4, -0.2) is 45.7 Å². The number of imide groups is 1. The summed E-state index contributed by atoms with van der Waals surface area (Å²) in [5.41, 5.74) is 2.34. The third-order valence-corrected chi connectivity index (χ3v) is 6.74. The van der Waals surface area contributed by atoms with Crippen LogP contribution in [0.25, 0.3) is 17.0 Å². The number of rotatable bonds is 6. The Morgan fingerprint density at radius 3 is 2.79 bits per heavy atom. The highest BCUT2D eigenvalue weighted by Gasteiger charge is 2.25. The topological polar surface area (TPSA) is 100 Å². The van der Waals surface area contributed by atoms with Gasteiger partial charge < -0.3 is 10.2 Å². The molecule has 1 aromatic carbocycles. The minimum Gasteiger partial charge on any atom is -0.341 e. The molecule has 0 bridgehead atoms. The molecule has 2 saturated heterocycles. The number of benzene rings is 1. The highest BCUT2D eigenvalue weighted by Crippen LogP contribution is 2.26. The van der Waals surface area contributed by atoms with Crippen molar-refractivity contribution in [2.75, 3.05) is 24.5 Å². The monoisotopic (exact) mass is 478 g/mol. The van der Waals surface area contributed by atoms with Crippen molar-refractivity contribution in [1.82, 2.24) is 25.6 Å². The number of carbonyl (C=O) groups excluding carboxylic acids is 2. The van der Waals surface area contributed by atoms with Gasteiger partial charge in [0.25, 0.3) is 11.1 Å². The van der Waals surface area contributed by atoms with Gasteiger partial charge in [0.1, 0.15) is 5.82 Å². The van der Waals surface area contributed by atoms with Crippen LogP contribution in [0.15, 0.2) is 47.5 Å². The Kier molecular flexibility index (Phi) is 6.50. The fourth-order valence-corrected chi connectivity index (χ4v) is 4.80. The first kappa shape index (κ1) is 22.4. The number of thioether (sulfide) groups is 1. The zero-order chi connectivity index (χ0) is 23.5. The van der Waals surface area contributed by atoms with E-state index in [0.717, 1.165) is 60.8 Å². The van der Waals surface area contributed by atoms with Crippen LogP contribution in [0.1, 0.15) is 24.2 Å². The lowest BCUT2D eigenvalue weighted by Crippen LogP contribution is -2.38. The molecule has 0 aliphatic carbocycles. The molecule has 0 saturated carbocycles. The Morgan fingerprint density at radius 1 is 1.15 bits per heavy atom. The summed E-state index contributed by atoms with van der Waals surface area (Å²) >= 11 is 0.878. The van der Waals surface area contributed by atoms with E-state index in [2.05, 4.69) is 30.5 Å². The highest BCUT2D eigenvalue weighted by molar-refractivity contribution is 8.18. The number of aromatic nitrogens is 3.